The van der Waals surface area contributed by atoms with Gasteiger partial charge in [0.15, 0.2) is 17.3 Å². The number of aromatic nitrogens is 1. The van der Waals surface area contributed by atoms with Gasteiger partial charge < -0.3 is 20.3 Å². The van der Waals surface area contributed by atoms with Crippen molar-refractivity contribution in [2.24, 2.45) is 11.7 Å². The number of halogens is 1. The summed E-state index contributed by atoms with van der Waals surface area (Å²) in [4.78, 5) is 18.1. The van der Waals surface area contributed by atoms with Crippen LogP contribution in [0.4, 0.5) is 4.39 Å². The molecule has 206 valence electrons. The van der Waals surface area contributed by atoms with E-state index in [4.69, 9.17) is 20.2 Å². The first-order valence-corrected chi connectivity index (χ1v) is 13.7. The fraction of sp³-hybridized carbons (Fsp3) is 0.438. The summed E-state index contributed by atoms with van der Waals surface area (Å²) in [5, 5.41) is 12.1. The summed E-state index contributed by atoms with van der Waals surface area (Å²) in [7, 11) is 1.56. The molecule has 5 rings (SSSR count). The van der Waals surface area contributed by atoms with Gasteiger partial charge in [-0.05, 0) is 118 Å². The van der Waals surface area contributed by atoms with Crippen LogP contribution in [0.2, 0.25) is 0 Å². The Balaban J connectivity index is 1.44. The molecule has 1 heterocycles. The number of ether oxygens (including phenoxy) is 2. The number of carbonyl (C=O) groups is 1. The second kappa shape index (κ2) is 10.4. The van der Waals surface area contributed by atoms with Crippen LogP contribution in [0.15, 0.2) is 48.5 Å². The SMILES string of the molecule is COc1cc(C(=O)CCC(O)(c2cc(C(C)(C)N)cc(-c3ccc(F)c(C)c3)n2)C2CC2)ccc1OC1CC1. The highest BCUT2D eigenvalue weighted by Gasteiger charge is 2.46. The molecule has 0 radical (unpaired) electrons. The van der Waals surface area contributed by atoms with Crippen LogP contribution in [0.1, 0.15) is 79.6 Å². The Morgan fingerprint density at radius 2 is 1.82 bits per heavy atom. The molecule has 0 saturated heterocycles. The van der Waals surface area contributed by atoms with Crippen molar-refractivity contribution in [2.45, 2.75) is 76.5 Å². The zero-order chi connectivity index (χ0) is 27.9. The van der Waals surface area contributed by atoms with Crippen LogP contribution in [0, 0.1) is 18.7 Å². The van der Waals surface area contributed by atoms with Crippen LogP contribution in [0.25, 0.3) is 11.3 Å². The zero-order valence-corrected chi connectivity index (χ0v) is 23.1. The predicted octanol–water partition coefficient (Wildman–Crippen LogP) is 6.20. The van der Waals surface area contributed by atoms with Crippen molar-refractivity contribution < 1.29 is 23.8 Å². The lowest BCUT2D eigenvalue weighted by molar-refractivity contribution is -0.00118. The fourth-order valence-electron chi connectivity index (χ4n) is 4.93. The Labute approximate surface area is 229 Å². The third-order valence-electron chi connectivity index (χ3n) is 7.76. The first-order chi connectivity index (χ1) is 18.5. The molecule has 1 atom stereocenters. The van der Waals surface area contributed by atoms with Gasteiger partial charge in [0.25, 0.3) is 0 Å². The molecule has 1 aromatic heterocycles. The number of aliphatic hydroxyl groups is 1. The number of rotatable bonds is 11. The van der Waals surface area contributed by atoms with E-state index in [2.05, 4.69) is 0 Å². The molecule has 6 nitrogen and oxygen atoms in total. The minimum atomic E-state index is -1.29. The summed E-state index contributed by atoms with van der Waals surface area (Å²) < 4.78 is 25.3. The number of aryl methyl sites for hydroxylation is 1. The van der Waals surface area contributed by atoms with Crippen molar-refractivity contribution in [3.63, 3.8) is 0 Å². The largest absolute Gasteiger partial charge is 0.493 e. The molecule has 1 unspecified atom stereocenters. The van der Waals surface area contributed by atoms with Crippen molar-refractivity contribution in [1.29, 1.82) is 0 Å². The number of benzene rings is 2. The summed E-state index contributed by atoms with van der Waals surface area (Å²) in [6.07, 6.45) is 4.36. The predicted molar refractivity (Wildman–Crippen MR) is 148 cm³/mol. The van der Waals surface area contributed by atoms with E-state index >= 15 is 0 Å². The number of hydrogen-bond donors (Lipinski definition) is 2. The van der Waals surface area contributed by atoms with Gasteiger partial charge in [0.05, 0.1) is 24.6 Å². The minimum Gasteiger partial charge on any atom is -0.493 e. The second-order valence-corrected chi connectivity index (χ2v) is 11.6. The van der Waals surface area contributed by atoms with E-state index in [0.717, 1.165) is 36.8 Å². The van der Waals surface area contributed by atoms with Crippen LogP contribution in [0.3, 0.4) is 0 Å². The summed E-state index contributed by atoms with van der Waals surface area (Å²) in [6, 6.07) is 13.9. The van der Waals surface area contributed by atoms with Crippen LogP contribution in [0.5, 0.6) is 11.5 Å². The Morgan fingerprint density at radius 1 is 1.08 bits per heavy atom. The molecule has 3 aromatic rings. The van der Waals surface area contributed by atoms with Gasteiger partial charge in [-0.3, -0.25) is 4.79 Å². The minimum absolute atomic E-state index is 0.000551. The van der Waals surface area contributed by atoms with Crippen molar-refractivity contribution in [2.75, 3.05) is 7.11 Å². The summed E-state index contributed by atoms with van der Waals surface area (Å²) in [5.74, 6) is 0.797. The number of carbonyl (C=O) groups excluding carboxylic acids is 1. The van der Waals surface area contributed by atoms with Crippen LogP contribution in [-0.4, -0.2) is 29.1 Å². The Morgan fingerprint density at radius 3 is 2.44 bits per heavy atom. The zero-order valence-electron chi connectivity index (χ0n) is 23.1. The standard InChI is InChI=1S/C32H37FN2O4/c1-19-15-20(5-11-25(19)33)26-17-23(31(2,3)34)18-30(35-26)32(37,22-7-8-22)14-13-27(36)21-6-12-28(29(16-21)38-4)39-24-9-10-24/h5-6,11-12,15-18,22,24,37H,7-10,13-14,34H2,1-4H3. The van der Waals surface area contributed by atoms with E-state index in [1.165, 1.54) is 6.07 Å². The quantitative estimate of drug-likeness (QED) is 0.286. The number of hydrogen-bond acceptors (Lipinski definition) is 6. The molecular formula is C32H37FN2O4. The molecule has 2 aliphatic rings. The summed E-state index contributed by atoms with van der Waals surface area (Å²) >= 11 is 0. The van der Waals surface area contributed by atoms with E-state index in [0.29, 0.717) is 34.0 Å². The smallest absolute Gasteiger partial charge is 0.163 e. The number of methoxy groups -OCH3 is 1. The first kappa shape index (κ1) is 27.3. The lowest BCUT2D eigenvalue weighted by Crippen LogP contribution is -2.33. The third kappa shape index (κ3) is 5.99. The molecule has 2 aliphatic carbocycles. The lowest BCUT2D eigenvalue weighted by atomic mass is 9.83. The van der Waals surface area contributed by atoms with Gasteiger partial charge in [-0.2, -0.15) is 0 Å². The molecule has 2 fully saturated rings. The molecule has 0 spiro atoms. The molecule has 2 saturated carbocycles. The molecule has 0 aliphatic heterocycles. The number of Topliss-reactive ketones (excluding diaryl/α,β-unsaturated/α-hetero) is 1. The molecule has 7 heteroatoms. The van der Waals surface area contributed by atoms with Crippen molar-refractivity contribution in [3.8, 4) is 22.8 Å². The lowest BCUT2D eigenvalue weighted by Gasteiger charge is -2.30. The molecule has 3 N–H and O–H groups in total. The fourth-order valence-corrected chi connectivity index (χ4v) is 4.93. The van der Waals surface area contributed by atoms with Crippen molar-refractivity contribution >= 4 is 5.78 Å². The maximum absolute atomic E-state index is 14.0. The van der Waals surface area contributed by atoms with Gasteiger partial charge in [-0.25, -0.2) is 9.37 Å². The highest BCUT2D eigenvalue weighted by atomic mass is 19.1. The topological polar surface area (TPSA) is 94.7 Å². The highest BCUT2D eigenvalue weighted by Crippen LogP contribution is 2.49. The van der Waals surface area contributed by atoms with E-state index in [1.54, 1.807) is 44.4 Å². The number of ketones is 1. The first-order valence-electron chi connectivity index (χ1n) is 13.7. The van der Waals surface area contributed by atoms with Gasteiger partial charge in [-0.15, -0.1) is 0 Å². The number of nitrogens with two attached hydrogens (primary N) is 1. The molecule has 39 heavy (non-hydrogen) atoms. The second-order valence-electron chi connectivity index (χ2n) is 11.6. The number of pyridine rings is 1. The third-order valence-corrected chi connectivity index (χ3v) is 7.76. The average molecular weight is 533 g/mol. The normalized spacial score (nSPS) is 17.0. The summed E-state index contributed by atoms with van der Waals surface area (Å²) in [6.45, 7) is 5.51. The van der Waals surface area contributed by atoms with E-state index in [9.17, 15) is 14.3 Å². The van der Waals surface area contributed by atoms with Crippen LogP contribution in [-0.2, 0) is 11.1 Å². The Kier molecular flexibility index (Phi) is 7.25. The van der Waals surface area contributed by atoms with Crippen molar-refractivity contribution in [1.82, 2.24) is 4.98 Å². The van der Waals surface area contributed by atoms with E-state index in [1.807, 2.05) is 26.0 Å². The van der Waals surface area contributed by atoms with Crippen molar-refractivity contribution in [3.05, 3.63) is 76.7 Å². The molecular weight excluding hydrogens is 495 g/mol. The van der Waals surface area contributed by atoms with E-state index in [-0.39, 0.29) is 36.5 Å². The number of nitrogens with zero attached hydrogens (tertiary/aromatic N) is 1. The van der Waals surface area contributed by atoms with Crippen LogP contribution >= 0.6 is 0 Å². The molecule has 2 aromatic carbocycles. The Hall–Kier alpha value is -3.29. The maximum atomic E-state index is 14.0. The van der Waals surface area contributed by atoms with Crippen LogP contribution < -0.4 is 15.2 Å². The van der Waals surface area contributed by atoms with Gasteiger partial charge >= 0.3 is 0 Å². The molecule has 0 bridgehead atoms. The highest BCUT2D eigenvalue weighted by molar-refractivity contribution is 5.96. The average Bonchev–Trinajstić information content (AvgIpc) is 3.83. The van der Waals surface area contributed by atoms with Gasteiger partial charge in [0.2, 0.25) is 0 Å². The van der Waals surface area contributed by atoms with Gasteiger partial charge in [0.1, 0.15) is 11.4 Å². The van der Waals surface area contributed by atoms with Gasteiger partial charge in [-0.1, -0.05) is 0 Å². The molecule has 0 amide bonds. The monoisotopic (exact) mass is 532 g/mol. The Bertz CT molecular complexity index is 1390. The maximum Gasteiger partial charge on any atom is 0.163 e. The summed E-state index contributed by atoms with van der Waals surface area (Å²) in [5.41, 5.74) is 8.20. The van der Waals surface area contributed by atoms with E-state index < -0.39 is 11.1 Å². The van der Waals surface area contributed by atoms with Gasteiger partial charge in [0, 0.05) is 23.1 Å².